The van der Waals surface area contributed by atoms with Crippen LogP contribution >= 0.6 is 15.9 Å². The van der Waals surface area contributed by atoms with Gasteiger partial charge in [0, 0.05) is 23.1 Å². The SMILES string of the molecule is C[C@H]1C[C@@H](N)CCN1C(=O)c1cc(F)ccc1Br. The van der Waals surface area contributed by atoms with Gasteiger partial charge >= 0.3 is 0 Å². The second kappa shape index (κ2) is 5.36. The van der Waals surface area contributed by atoms with Crippen LogP contribution in [0.4, 0.5) is 4.39 Å². The van der Waals surface area contributed by atoms with Gasteiger partial charge in [0.15, 0.2) is 0 Å². The monoisotopic (exact) mass is 314 g/mol. The highest BCUT2D eigenvalue weighted by molar-refractivity contribution is 9.10. The quantitative estimate of drug-likeness (QED) is 0.866. The number of piperidine rings is 1. The van der Waals surface area contributed by atoms with Crippen molar-refractivity contribution in [2.24, 2.45) is 5.73 Å². The lowest BCUT2D eigenvalue weighted by molar-refractivity contribution is 0.0617. The van der Waals surface area contributed by atoms with Crippen LogP contribution in [0.25, 0.3) is 0 Å². The lowest BCUT2D eigenvalue weighted by atomic mass is 9.98. The van der Waals surface area contributed by atoms with Crippen molar-refractivity contribution in [1.82, 2.24) is 4.90 Å². The summed E-state index contributed by atoms with van der Waals surface area (Å²) in [5.41, 5.74) is 6.25. The van der Waals surface area contributed by atoms with Crippen molar-refractivity contribution in [1.29, 1.82) is 0 Å². The van der Waals surface area contributed by atoms with Gasteiger partial charge in [-0.3, -0.25) is 4.79 Å². The Labute approximate surface area is 114 Å². The molecule has 0 aromatic heterocycles. The van der Waals surface area contributed by atoms with Crippen LogP contribution in [0.2, 0.25) is 0 Å². The Morgan fingerprint density at radius 1 is 1.56 bits per heavy atom. The van der Waals surface area contributed by atoms with E-state index in [2.05, 4.69) is 15.9 Å². The molecule has 3 nitrogen and oxygen atoms in total. The number of likely N-dealkylation sites (tertiary alicyclic amines) is 1. The highest BCUT2D eigenvalue weighted by Gasteiger charge is 2.28. The standard InChI is InChI=1S/C13H16BrFN2O/c1-8-6-10(16)4-5-17(8)13(18)11-7-9(15)2-3-12(11)14/h2-3,7-8,10H,4-6,16H2,1H3/t8-,10-/m0/s1. The molecule has 1 heterocycles. The third-order valence-corrected chi connectivity index (χ3v) is 4.03. The van der Waals surface area contributed by atoms with Gasteiger partial charge in [0.1, 0.15) is 5.82 Å². The Kier molecular flexibility index (Phi) is 4.02. The molecule has 1 fully saturated rings. The first-order valence-corrected chi connectivity index (χ1v) is 6.80. The van der Waals surface area contributed by atoms with Crippen LogP contribution in [-0.2, 0) is 0 Å². The summed E-state index contributed by atoms with van der Waals surface area (Å²) in [6.07, 6.45) is 1.59. The molecule has 1 aliphatic rings. The molecule has 2 rings (SSSR count). The molecule has 0 bridgehead atoms. The summed E-state index contributed by atoms with van der Waals surface area (Å²) in [6.45, 7) is 2.61. The Morgan fingerprint density at radius 3 is 2.94 bits per heavy atom. The molecule has 1 aliphatic heterocycles. The van der Waals surface area contributed by atoms with Gasteiger partial charge in [-0.25, -0.2) is 4.39 Å². The van der Waals surface area contributed by atoms with Crippen LogP contribution < -0.4 is 5.73 Å². The van der Waals surface area contributed by atoms with Crippen LogP contribution in [0.5, 0.6) is 0 Å². The molecule has 98 valence electrons. The Hall–Kier alpha value is -0.940. The zero-order valence-electron chi connectivity index (χ0n) is 10.2. The molecule has 2 N–H and O–H groups in total. The normalized spacial score (nSPS) is 24.1. The number of hydrogen-bond donors (Lipinski definition) is 1. The van der Waals surface area contributed by atoms with E-state index < -0.39 is 5.82 Å². The van der Waals surface area contributed by atoms with Gasteiger partial charge in [0.05, 0.1) is 5.56 Å². The minimum atomic E-state index is -0.400. The average molecular weight is 315 g/mol. The summed E-state index contributed by atoms with van der Waals surface area (Å²) in [5.74, 6) is -0.538. The molecular weight excluding hydrogens is 299 g/mol. The first-order valence-electron chi connectivity index (χ1n) is 6.00. The molecule has 2 atom stereocenters. The number of carbonyl (C=O) groups is 1. The second-order valence-corrected chi connectivity index (χ2v) is 5.61. The molecule has 0 saturated carbocycles. The zero-order chi connectivity index (χ0) is 13.3. The highest BCUT2D eigenvalue weighted by Crippen LogP contribution is 2.23. The maximum absolute atomic E-state index is 13.2. The molecule has 0 radical (unpaired) electrons. The number of nitrogens with zero attached hydrogens (tertiary/aromatic N) is 1. The molecule has 0 spiro atoms. The fourth-order valence-electron chi connectivity index (χ4n) is 2.33. The molecule has 1 amide bonds. The van der Waals surface area contributed by atoms with E-state index >= 15 is 0 Å². The predicted octanol–water partition coefficient (Wildman–Crippen LogP) is 2.54. The zero-order valence-corrected chi connectivity index (χ0v) is 11.8. The van der Waals surface area contributed by atoms with E-state index in [9.17, 15) is 9.18 Å². The first kappa shape index (κ1) is 13.5. The summed E-state index contributed by atoms with van der Waals surface area (Å²) in [7, 11) is 0. The van der Waals surface area contributed by atoms with E-state index in [1.165, 1.54) is 12.1 Å². The van der Waals surface area contributed by atoms with Crippen molar-refractivity contribution in [3.05, 3.63) is 34.1 Å². The number of carbonyl (C=O) groups excluding carboxylic acids is 1. The third kappa shape index (κ3) is 2.72. The van der Waals surface area contributed by atoms with Crippen LogP contribution in [0.15, 0.2) is 22.7 Å². The van der Waals surface area contributed by atoms with Crippen molar-refractivity contribution in [3.8, 4) is 0 Å². The summed E-state index contributed by atoms with van der Waals surface area (Å²) in [5, 5.41) is 0. The summed E-state index contributed by atoms with van der Waals surface area (Å²) >= 11 is 3.29. The lowest BCUT2D eigenvalue weighted by Gasteiger charge is -2.36. The number of amides is 1. The van der Waals surface area contributed by atoms with Gasteiger partial charge in [0.25, 0.3) is 5.91 Å². The van der Waals surface area contributed by atoms with Crippen molar-refractivity contribution >= 4 is 21.8 Å². The molecule has 5 heteroatoms. The second-order valence-electron chi connectivity index (χ2n) is 4.76. The minimum Gasteiger partial charge on any atom is -0.336 e. The van der Waals surface area contributed by atoms with Gasteiger partial charge in [-0.2, -0.15) is 0 Å². The summed E-state index contributed by atoms with van der Waals surface area (Å²) in [4.78, 5) is 14.1. The van der Waals surface area contributed by atoms with Gasteiger partial charge in [-0.15, -0.1) is 0 Å². The number of rotatable bonds is 1. The van der Waals surface area contributed by atoms with E-state index in [4.69, 9.17) is 5.73 Å². The smallest absolute Gasteiger partial charge is 0.255 e. The summed E-state index contributed by atoms with van der Waals surface area (Å²) < 4.78 is 13.8. The van der Waals surface area contributed by atoms with Crippen LogP contribution in [0, 0.1) is 5.82 Å². The minimum absolute atomic E-state index is 0.0939. The van der Waals surface area contributed by atoms with E-state index in [0.29, 0.717) is 16.6 Å². The largest absolute Gasteiger partial charge is 0.336 e. The first-order chi connectivity index (χ1) is 8.49. The average Bonchev–Trinajstić information content (AvgIpc) is 2.31. The summed E-state index contributed by atoms with van der Waals surface area (Å²) in [6, 6.07) is 4.41. The Bertz CT molecular complexity index is 466. The molecule has 1 aromatic rings. The van der Waals surface area contributed by atoms with E-state index in [1.807, 2.05) is 6.92 Å². The molecule has 0 unspecified atom stereocenters. The van der Waals surface area contributed by atoms with Crippen molar-refractivity contribution in [3.63, 3.8) is 0 Å². The lowest BCUT2D eigenvalue weighted by Crippen LogP contribution is -2.48. The molecule has 0 aliphatic carbocycles. The van der Waals surface area contributed by atoms with Crippen LogP contribution in [-0.4, -0.2) is 29.4 Å². The van der Waals surface area contributed by atoms with Crippen LogP contribution in [0.1, 0.15) is 30.1 Å². The molecule has 1 saturated heterocycles. The number of nitrogens with two attached hydrogens (primary N) is 1. The van der Waals surface area contributed by atoms with E-state index in [1.54, 1.807) is 11.0 Å². The van der Waals surface area contributed by atoms with E-state index in [-0.39, 0.29) is 18.0 Å². The molecular formula is C13H16BrFN2O. The number of halogens is 2. The molecule has 1 aromatic carbocycles. The van der Waals surface area contributed by atoms with Crippen molar-refractivity contribution in [2.45, 2.75) is 31.8 Å². The number of benzene rings is 1. The highest BCUT2D eigenvalue weighted by atomic mass is 79.9. The van der Waals surface area contributed by atoms with Crippen molar-refractivity contribution in [2.75, 3.05) is 6.54 Å². The maximum atomic E-state index is 13.2. The number of hydrogen-bond acceptors (Lipinski definition) is 2. The topological polar surface area (TPSA) is 46.3 Å². The molecule has 18 heavy (non-hydrogen) atoms. The van der Waals surface area contributed by atoms with Gasteiger partial charge in [-0.05, 0) is 53.9 Å². The predicted molar refractivity (Wildman–Crippen MR) is 71.8 cm³/mol. The van der Waals surface area contributed by atoms with Gasteiger partial charge < -0.3 is 10.6 Å². The maximum Gasteiger partial charge on any atom is 0.255 e. The Balaban J connectivity index is 2.23. The van der Waals surface area contributed by atoms with Crippen molar-refractivity contribution < 1.29 is 9.18 Å². The fourth-order valence-corrected chi connectivity index (χ4v) is 2.74. The van der Waals surface area contributed by atoms with Crippen LogP contribution in [0.3, 0.4) is 0 Å². The van der Waals surface area contributed by atoms with E-state index in [0.717, 1.165) is 12.8 Å². The van der Waals surface area contributed by atoms with Gasteiger partial charge in [-0.1, -0.05) is 0 Å². The fraction of sp³-hybridized carbons (Fsp3) is 0.462. The Morgan fingerprint density at radius 2 is 2.28 bits per heavy atom. The third-order valence-electron chi connectivity index (χ3n) is 3.34. The van der Waals surface area contributed by atoms with Gasteiger partial charge in [0.2, 0.25) is 0 Å².